The Morgan fingerprint density at radius 2 is 2.04 bits per heavy atom. The van der Waals surface area contributed by atoms with E-state index in [9.17, 15) is 14.3 Å². The van der Waals surface area contributed by atoms with Crippen LogP contribution in [0.3, 0.4) is 0 Å². The molecule has 1 N–H and O–H groups in total. The van der Waals surface area contributed by atoms with Crippen molar-refractivity contribution >= 4 is 23.2 Å². The van der Waals surface area contributed by atoms with E-state index in [4.69, 9.17) is 9.52 Å². The summed E-state index contributed by atoms with van der Waals surface area (Å²) in [5.74, 6) is -0.662. The van der Waals surface area contributed by atoms with Gasteiger partial charge < -0.3 is 19.4 Å². The van der Waals surface area contributed by atoms with E-state index in [0.717, 1.165) is 16.7 Å². The number of rotatable bonds is 4. The van der Waals surface area contributed by atoms with E-state index in [1.165, 1.54) is 12.1 Å². The zero-order valence-corrected chi connectivity index (χ0v) is 15.4. The predicted molar refractivity (Wildman–Crippen MR) is 81.1 cm³/mol. The van der Waals surface area contributed by atoms with Crippen LogP contribution in [0.1, 0.15) is 36.0 Å². The van der Waals surface area contributed by atoms with Gasteiger partial charge in [0.15, 0.2) is 0 Å². The Balaban J connectivity index is 0.00000208. The normalized spacial score (nSPS) is 14.7. The van der Waals surface area contributed by atoms with Crippen LogP contribution in [0.5, 0.6) is 0 Å². The summed E-state index contributed by atoms with van der Waals surface area (Å²) in [5, 5.41) is 20.1. The topological polar surface area (TPSA) is 73.5 Å². The first-order chi connectivity index (χ1) is 11.0. The molecule has 0 radical (unpaired) electrons. The molecule has 3 rings (SSSR count). The van der Waals surface area contributed by atoms with Gasteiger partial charge in [-0.25, -0.2) is 4.39 Å². The Bertz CT molecular complexity index is 848. The number of furan rings is 1. The third-order valence-electron chi connectivity index (χ3n) is 3.90. The van der Waals surface area contributed by atoms with Crippen molar-refractivity contribution in [2.75, 3.05) is 0 Å². The van der Waals surface area contributed by atoms with Gasteiger partial charge in [0.1, 0.15) is 23.9 Å². The van der Waals surface area contributed by atoms with Gasteiger partial charge in [-0.05, 0) is 65.1 Å². The number of fused-ring (bicyclic) bond motifs is 1. The first-order valence-corrected chi connectivity index (χ1v) is 7.11. The maximum Gasteiger partial charge on any atom is 1.00 e. The maximum atomic E-state index is 13.6. The van der Waals surface area contributed by atoms with Crippen LogP contribution >= 0.6 is 0 Å². The number of carbonyl (C=O) groups is 1. The van der Waals surface area contributed by atoms with Gasteiger partial charge in [0.2, 0.25) is 0 Å². The van der Waals surface area contributed by atoms with Crippen molar-refractivity contribution in [1.29, 1.82) is 0 Å². The molecule has 0 amide bonds. The Morgan fingerprint density at radius 3 is 2.67 bits per heavy atom. The van der Waals surface area contributed by atoms with Crippen molar-refractivity contribution in [2.24, 2.45) is 0 Å². The van der Waals surface area contributed by atoms with Gasteiger partial charge >= 0.3 is 29.6 Å². The monoisotopic (exact) mass is 336 g/mol. The second-order valence-corrected chi connectivity index (χ2v) is 5.36. The van der Waals surface area contributed by atoms with E-state index in [1.54, 1.807) is 31.2 Å². The number of hydrogen-bond donors (Lipinski definition) is 1. The minimum Gasteiger partial charge on any atom is -0.550 e. The molecule has 0 aliphatic heterocycles. The third kappa shape index (κ3) is 3.54. The second-order valence-electron chi connectivity index (χ2n) is 5.36. The molecular weight excluding hydrogens is 322 g/mol. The fourth-order valence-electron chi connectivity index (χ4n) is 2.83. The molecule has 0 saturated carbocycles. The Hall–Kier alpha value is -1.66. The number of halogens is 1. The summed E-state index contributed by atoms with van der Waals surface area (Å²) < 4.78 is 19.0. The Labute approximate surface area is 160 Å². The van der Waals surface area contributed by atoms with E-state index < -0.39 is 11.8 Å². The number of hydrogen-bond acceptors (Lipinski definition) is 4. The second kappa shape index (κ2) is 7.49. The molecular formula is C18H14FNaO4. The molecule has 0 spiro atoms. The molecule has 24 heavy (non-hydrogen) atoms. The van der Waals surface area contributed by atoms with Crippen molar-refractivity contribution in [1.82, 2.24) is 0 Å². The van der Waals surface area contributed by atoms with Gasteiger partial charge in [0.05, 0.1) is 0 Å². The average molecular weight is 336 g/mol. The van der Waals surface area contributed by atoms with Gasteiger partial charge in [-0.1, -0.05) is 6.07 Å². The number of aliphatic hydroxyl groups is 1. The summed E-state index contributed by atoms with van der Waals surface area (Å²) >= 11 is 0. The molecule has 6 heteroatoms. The number of carboxylic acids is 1. The van der Waals surface area contributed by atoms with Crippen LogP contribution in [0.25, 0.3) is 17.2 Å². The molecule has 0 unspecified atom stereocenters. The van der Waals surface area contributed by atoms with Crippen LogP contribution in [-0.2, 0) is 11.4 Å². The summed E-state index contributed by atoms with van der Waals surface area (Å²) in [4.78, 5) is 11.0. The molecule has 118 valence electrons. The third-order valence-corrected chi connectivity index (χ3v) is 3.90. The summed E-state index contributed by atoms with van der Waals surface area (Å²) in [5.41, 5.74) is 3.38. The standard InChI is InChI=1S/C18H15FO4.Na/c1-10-15(7-12-3-4-13(9-20)23-12)14-5-2-11(19)6-17(14)16(10)8-18(21)22;/h2-7,20H,8-9H2,1H3,(H,21,22);/q;+1/p-1/b15-7-;. The van der Waals surface area contributed by atoms with Crippen molar-refractivity contribution in [2.45, 2.75) is 20.0 Å². The van der Waals surface area contributed by atoms with Gasteiger partial charge in [0, 0.05) is 12.4 Å². The molecule has 1 heterocycles. The molecule has 0 atom stereocenters. The van der Waals surface area contributed by atoms with Gasteiger partial charge in [0.25, 0.3) is 0 Å². The molecule has 1 aromatic heterocycles. The average Bonchev–Trinajstić information content (AvgIpc) is 3.06. The first-order valence-electron chi connectivity index (χ1n) is 7.11. The van der Waals surface area contributed by atoms with Gasteiger partial charge in [-0.15, -0.1) is 0 Å². The van der Waals surface area contributed by atoms with Crippen LogP contribution in [0.15, 0.2) is 40.3 Å². The summed E-state index contributed by atoms with van der Waals surface area (Å²) in [6.07, 6.45) is 1.48. The molecule has 2 aromatic rings. The van der Waals surface area contributed by atoms with Crippen LogP contribution in [0.2, 0.25) is 0 Å². The maximum absolute atomic E-state index is 13.6. The van der Waals surface area contributed by atoms with E-state index >= 15 is 0 Å². The summed E-state index contributed by atoms with van der Waals surface area (Å²) in [6.45, 7) is 1.59. The number of carboxylic acid groups (broad SMARTS) is 1. The first kappa shape index (κ1) is 18.7. The predicted octanol–water partition coefficient (Wildman–Crippen LogP) is -0.617. The molecule has 0 fully saturated rings. The largest absolute Gasteiger partial charge is 1.00 e. The number of allylic oxidation sites excluding steroid dienone is 2. The van der Waals surface area contributed by atoms with Crippen molar-refractivity contribution in [3.63, 3.8) is 0 Å². The molecule has 1 aliphatic rings. The molecule has 1 aromatic carbocycles. The number of aliphatic hydroxyl groups excluding tert-OH is 1. The van der Waals surface area contributed by atoms with Crippen LogP contribution in [0.4, 0.5) is 4.39 Å². The van der Waals surface area contributed by atoms with E-state index in [2.05, 4.69) is 0 Å². The molecule has 4 nitrogen and oxygen atoms in total. The van der Waals surface area contributed by atoms with Crippen LogP contribution in [0, 0.1) is 5.82 Å². The SMILES string of the molecule is CC1=C(CC(=O)[O-])c2cc(F)ccc2/C1=C\c1ccc(CO)o1.[Na+]. The summed E-state index contributed by atoms with van der Waals surface area (Å²) in [7, 11) is 0. The van der Waals surface area contributed by atoms with E-state index in [0.29, 0.717) is 22.7 Å². The minimum absolute atomic E-state index is 0. The van der Waals surface area contributed by atoms with Crippen LogP contribution in [-0.4, -0.2) is 11.1 Å². The summed E-state index contributed by atoms with van der Waals surface area (Å²) in [6, 6.07) is 7.67. The molecule has 0 saturated heterocycles. The van der Waals surface area contributed by atoms with Crippen molar-refractivity contribution in [3.8, 4) is 0 Å². The number of carbonyl (C=O) groups excluding carboxylic acids is 1. The Morgan fingerprint density at radius 1 is 1.29 bits per heavy atom. The quantitative estimate of drug-likeness (QED) is 0.756. The van der Waals surface area contributed by atoms with Gasteiger partial charge in [-0.3, -0.25) is 0 Å². The van der Waals surface area contributed by atoms with Crippen molar-refractivity contribution < 1.29 is 53.4 Å². The fourth-order valence-corrected chi connectivity index (χ4v) is 2.83. The smallest absolute Gasteiger partial charge is 0.550 e. The van der Waals surface area contributed by atoms with Crippen molar-refractivity contribution in [3.05, 3.63) is 64.4 Å². The minimum atomic E-state index is -1.21. The van der Waals surface area contributed by atoms with Gasteiger partial charge in [-0.2, -0.15) is 0 Å². The zero-order valence-electron chi connectivity index (χ0n) is 13.4. The molecule has 0 bridgehead atoms. The van der Waals surface area contributed by atoms with E-state index in [-0.39, 0.29) is 42.6 Å². The number of benzene rings is 1. The Kier molecular flexibility index (Phi) is 5.83. The number of aliphatic carboxylic acids is 1. The molecule has 1 aliphatic carbocycles. The van der Waals surface area contributed by atoms with E-state index in [1.807, 2.05) is 0 Å². The van der Waals surface area contributed by atoms with Crippen LogP contribution < -0.4 is 34.7 Å². The zero-order chi connectivity index (χ0) is 16.6. The fraction of sp³-hybridized carbons (Fsp3) is 0.167.